The molecule has 2 aliphatic rings. The molecule has 15 heavy (non-hydrogen) atoms. The van der Waals surface area contributed by atoms with Gasteiger partial charge in [0.05, 0.1) is 18.1 Å². The van der Waals surface area contributed by atoms with Gasteiger partial charge in [0.15, 0.2) is 9.84 Å². The molecule has 2 heterocycles. The molecule has 5 nitrogen and oxygen atoms in total. The molecule has 0 spiro atoms. The summed E-state index contributed by atoms with van der Waals surface area (Å²) in [7, 11) is -2.85. The van der Waals surface area contributed by atoms with Crippen LogP contribution in [0.4, 0.5) is 0 Å². The summed E-state index contributed by atoms with van der Waals surface area (Å²) in [5.41, 5.74) is 0. The van der Waals surface area contributed by atoms with Crippen molar-refractivity contribution in [1.29, 1.82) is 0 Å². The molecule has 0 bridgehead atoms. The number of carbonyl (C=O) groups excluding carboxylic acids is 1. The fraction of sp³-hybridized carbons (Fsp3) is 0.889. The Morgan fingerprint density at radius 1 is 1.40 bits per heavy atom. The Labute approximate surface area is 89.7 Å². The molecule has 2 aliphatic heterocycles. The topological polar surface area (TPSA) is 66.5 Å². The highest BCUT2D eigenvalue weighted by Gasteiger charge is 2.33. The Bertz CT molecular complexity index is 352. The molecule has 2 rings (SSSR count). The van der Waals surface area contributed by atoms with Crippen molar-refractivity contribution in [3.8, 4) is 0 Å². The van der Waals surface area contributed by atoms with E-state index in [4.69, 9.17) is 0 Å². The lowest BCUT2D eigenvalue weighted by molar-refractivity contribution is -0.121. The number of nitrogens with one attached hydrogen (secondary N) is 1. The van der Waals surface area contributed by atoms with Gasteiger partial charge in [-0.3, -0.25) is 9.69 Å². The van der Waals surface area contributed by atoms with E-state index in [1.54, 1.807) is 0 Å². The number of rotatable bonds is 1. The summed E-state index contributed by atoms with van der Waals surface area (Å²) in [5.74, 6) is 0.507. The van der Waals surface area contributed by atoms with E-state index in [0.29, 0.717) is 19.5 Å². The third kappa shape index (κ3) is 2.69. The molecule has 0 aromatic heterocycles. The molecule has 2 saturated heterocycles. The molecule has 0 radical (unpaired) electrons. The third-order valence-corrected chi connectivity index (χ3v) is 4.77. The average molecular weight is 232 g/mol. The first-order chi connectivity index (χ1) is 7.07. The molecule has 1 N–H and O–H groups in total. The molecular weight excluding hydrogens is 216 g/mol. The third-order valence-electron chi connectivity index (χ3n) is 3.02. The zero-order valence-corrected chi connectivity index (χ0v) is 9.42. The van der Waals surface area contributed by atoms with Crippen molar-refractivity contribution in [1.82, 2.24) is 10.2 Å². The van der Waals surface area contributed by atoms with Crippen LogP contribution in [0.1, 0.15) is 12.8 Å². The van der Waals surface area contributed by atoms with Crippen LogP contribution in [0.2, 0.25) is 0 Å². The van der Waals surface area contributed by atoms with Crippen molar-refractivity contribution in [2.24, 2.45) is 0 Å². The van der Waals surface area contributed by atoms with E-state index in [1.165, 1.54) is 0 Å². The maximum absolute atomic E-state index is 11.3. The molecule has 1 atom stereocenters. The van der Waals surface area contributed by atoms with Gasteiger partial charge >= 0.3 is 0 Å². The van der Waals surface area contributed by atoms with Crippen molar-refractivity contribution >= 4 is 15.7 Å². The minimum absolute atomic E-state index is 0.0109. The second-order valence-electron chi connectivity index (χ2n) is 4.23. The number of amides is 1. The van der Waals surface area contributed by atoms with E-state index < -0.39 is 9.84 Å². The first kappa shape index (κ1) is 10.9. The van der Waals surface area contributed by atoms with Crippen LogP contribution < -0.4 is 5.32 Å². The number of hydrogen-bond donors (Lipinski definition) is 1. The van der Waals surface area contributed by atoms with Gasteiger partial charge in [-0.1, -0.05) is 0 Å². The van der Waals surface area contributed by atoms with Gasteiger partial charge in [-0.2, -0.15) is 0 Å². The van der Waals surface area contributed by atoms with Crippen LogP contribution in [-0.2, 0) is 14.6 Å². The Hall–Kier alpha value is -0.620. The second-order valence-corrected chi connectivity index (χ2v) is 6.46. The van der Waals surface area contributed by atoms with Gasteiger partial charge in [-0.25, -0.2) is 8.42 Å². The average Bonchev–Trinajstić information content (AvgIpc) is 2.39. The Balaban J connectivity index is 2.01. The summed E-state index contributed by atoms with van der Waals surface area (Å²) in [6.45, 7) is 1.87. The van der Waals surface area contributed by atoms with E-state index in [9.17, 15) is 13.2 Å². The van der Waals surface area contributed by atoms with Crippen molar-refractivity contribution in [2.75, 3.05) is 31.1 Å². The quantitative estimate of drug-likeness (QED) is 0.629. The van der Waals surface area contributed by atoms with Crippen LogP contribution in [0, 0.1) is 0 Å². The van der Waals surface area contributed by atoms with E-state index >= 15 is 0 Å². The summed E-state index contributed by atoms with van der Waals surface area (Å²) in [6.07, 6.45) is 1.58. The van der Waals surface area contributed by atoms with Crippen LogP contribution in [0.15, 0.2) is 0 Å². The highest BCUT2D eigenvalue weighted by molar-refractivity contribution is 7.91. The molecule has 0 aromatic carbocycles. The Morgan fingerprint density at radius 2 is 2.20 bits per heavy atom. The lowest BCUT2D eigenvalue weighted by atomic mass is 10.2. The first-order valence-corrected chi connectivity index (χ1v) is 7.10. The minimum atomic E-state index is -2.85. The maximum Gasteiger partial charge on any atom is 0.234 e. The smallest absolute Gasteiger partial charge is 0.234 e. The molecule has 0 aromatic rings. The largest absolute Gasteiger partial charge is 0.355 e. The number of carbonyl (C=O) groups is 1. The fourth-order valence-corrected chi connectivity index (χ4v) is 3.97. The standard InChI is InChI=1S/C9H16N2O3S/c12-9-6-11(4-1-3-10-9)8-2-5-15(13,14)7-8/h8H,1-7H2,(H,10,12). The van der Waals surface area contributed by atoms with Crippen LogP contribution in [0.5, 0.6) is 0 Å². The van der Waals surface area contributed by atoms with Crippen molar-refractivity contribution in [3.63, 3.8) is 0 Å². The first-order valence-electron chi connectivity index (χ1n) is 5.28. The summed E-state index contributed by atoms with van der Waals surface area (Å²) < 4.78 is 22.6. The molecule has 6 heteroatoms. The van der Waals surface area contributed by atoms with Gasteiger partial charge < -0.3 is 5.32 Å². The molecule has 1 amide bonds. The van der Waals surface area contributed by atoms with Gasteiger partial charge in [-0.05, 0) is 12.8 Å². The van der Waals surface area contributed by atoms with Gasteiger partial charge in [0, 0.05) is 19.1 Å². The summed E-state index contributed by atoms with van der Waals surface area (Å²) in [5, 5.41) is 2.79. The lowest BCUT2D eigenvalue weighted by Crippen LogP contribution is -2.40. The van der Waals surface area contributed by atoms with Crippen LogP contribution in [0.3, 0.4) is 0 Å². The number of nitrogens with zero attached hydrogens (tertiary/aromatic N) is 1. The van der Waals surface area contributed by atoms with Gasteiger partial charge in [0.1, 0.15) is 0 Å². The van der Waals surface area contributed by atoms with Crippen LogP contribution in [-0.4, -0.2) is 56.4 Å². The summed E-state index contributed by atoms with van der Waals surface area (Å²) in [6, 6.07) is 0.0545. The molecule has 86 valence electrons. The van der Waals surface area contributed by atoms with Crippen LogP contribution >= 0.6 is 0 Å². The van der Waals surface area contributed by atoms with E-state index in [0.717, 1.165) is 13.0 Å². The van der Waals surface area contributed by atoms with E-state index in [-0.39, 0.29) is 23.5 Å². The molecule has 0 aliphatic carbocycles. The summed E-state index contributed by atoms with van der Waals surface area (Å²) in [4.78, 5) is 13.3. The van der Waals surface area contributed by atoms with Gasteiger partial charge in [-0.15, -0.1) is 0 Å². The predicted octanol–water partition coefficient (Wildman–Crippen LogP) is -1.00. The van der Waals surface area contributed by atoms with E-state index in [2.05, 4.69) is 5.32 Å². The molecule has 0 saturated carbocycles. The minimum Gasteiger partial charge on any atom is -0.355 e. The predicted molar refractivity (Wildman–Crippen MR) is 56.3 cm³/mol. The van der Waals surface area contributed by atoms with Crippen molar-refractivity contribution < 1.29 is 13.2 Å². The number of hydrogen-bond acceptors (Lipinski definition) is 4. The number of sulfone groups is 1. The molecule has 2 fully saturated rings. The lowest BCUT2D eigenvalue weighted by Gasteiger charge is -2.24. The normalized spacial score (nSPS) is 32.3. The Kier molecular flexibility index (Phi) is 2.97. The zero-order chi connectivity index (χ0) is 10.9. The monoisotopic (exact) mass is 232 g/mol. The molecule has 1 unspecified atom stereocenters. The van der Waals surface area contributed by atoms with Crippen molar-refractivity contribution in [3.05, 3.63) is 0 Å². The van der Waals surface area contributed by atoms with Crippen LogP contribution in [0.25, 0.3) is 0 Å². The van der Waals surface area contributed by atoms with E-state index in [1.807, 2.05) is 4.90 Å². The van der Waals surface area contributed by atoms with Crippen molar-refractivity contribution in [2.45, 2.75) is 18.9 Å². The van der Waals surface area contributed by atoms with Gasteiger partial charge in [0.25, 0.3) is 0 Å². The second kappa shape index (κ2) is 4.09. The fourth-order valence-electron chi connectivity index (χ4n) is 2.20. The highest BCUT2D eigenvalue weighted by Crippen LogP contribution is 2.18. The highest BCUT2D eigenvalue weighted by atomic mass is 32.2. The Morgan fingerprint density at radius 3 is 2.87 bits per heavy atom. The van der Waals surface area contributed by atoms with Gasteiger partial charge in [0.2, 0.25) is 5.91 Å². The SMILES string of the molecule is O=C1CN(C2CCS(=O)(=O)C2)CCCN1. The maximum atomic E-state index is 11.3. The molecular formula is C9H16N2O3S. The zero-order valence-electron chi connectivity index (χ0n) is 8.61. The summed E-state index contributed by atoms with van der Waals surface area (Å²) >= 11 is 0.